The van der Waals surface area contributed by atoms with Crippen molar-refractivity contribution in [1.29, 1.82) is 0 Å². The fourth-order valence-corrected chi connectivity index (χ4v) is 1.05. The summed E-state index contributed by atoms with van der Waals surface area (Å²) in [6, 6.07) is 0. The summed E-state index contributed by atoms with van der Waals surface area (Å²) < 4.78 is 5.07. The minimum Gasteiger partial charge on any atom is -0.444 e. The number of hydrogen-bond acceptors (Lipinski definition) is 2. The van der Waals surface area contributed by atoms with E-state index in [0.717, 1.165) is 6.42 Å². The van der Waals surface area contributed by atoms with Gasteiger partial charge in [0, 0.05) is 5.41 Å². The summed E-state index contributed by atoms with van der Waals surface area (Å²) in [4.78, 5) is 10.7. The molecule has 0 aliphatic carbocycles. The average Bonchev–Trinajstić information content (AvgIpc) is 2.36. The molecule has 1 atom stereocenters. The number of carbonyl (C=O) groups is 1. The van der Waals surface area contributed by atoms with Crippen molar-refractivity contribution in [3.63, 3.8) is 0 Å². The highest BCUT2D eigenvalue weighted by Gasteiger charge is 2.35. The molecule has 1 unspecified atom stereocenters. The molecule has 0 saturated carbocycles. The number of amides is 1. The van der Waals surface area contributed by atoms with Gasteiger partial charge < -0.3 is 10.1 Å². The Bertz CT molecular complexity index is 165. The molecule has 1 heterocycles. The topological polar surface area (TPSA) is 38.3 Å². The second-order valence-electron chi connectivity index (χ2n) is 3.62. The zero-order valence-electron chi connectivity index (χ0n) is 7.31. The van der Waals surface area contributed by atoms with Crippen LogP contribution in [-0.2, 0) is 4.74 Å². The van der Waals surface area contributed by atoms with Crippen molar-refractivity contribution in [2.45, 2.75) is 33.3 Å². The van der Waals surface area contributed by atoms with Gasteiger partial charge in [-0.1, -0.05) is 20.8 Å². The number of rotatable bonds is 2. The van der Waals surface area contributed by atoms with Crippen molar-refractivity contribution in [3.05, 3.63) is 0 Å². The first kappa shape index (κ1) is 8.37. The van der Waals surface area contributed by atoms with Crippen LogP contribution in [-0.4, -0.2) is 18.7 Å². The normalized spacial score (nSPS) is 24.6. The number of hydrogen-bond donors (Lipinski definition) is 1. The van der Waals surface area contributed by atoms with Gasteiger partial charge in [0.05, 0.1) is 6.54 Å². The van der Waals surface area contributed by atoms with E-state index in [-0.39, 0.29) is 17.6 Å². The van der Waals surface area contributed by atoms with Crippen LogP contribution in [0.1, 0.15) is 27.2 Å². The molecule has 3 nitrogen and oxygen atoms in total. The third kappa shape index (κ3) is 1.64. The Morgan fingerprint density at radius 1 is 1.73 bits per heavy atom. The predicted molar refractivity (Wildman–Crippen MR) is 42.3 cm³/mol. The Balaban J connectivity index is 2.55. The van der Waals surface area contributed by atoms with E-state index in [9.17, 15) is 4.79 Å². The van der Waals surface area contributed by atoms with Gasteiger partial charge >= 0.3 is 6.09 Å². The van der Waals surface area contributed by atoms with Crippen LogP contribution < -0.4 is 5.32 Å². The molecule has 1 N–H and O–H groups in total. The maximum atomic E-state index is 10.7. The average molecular weight is 157 g/mol. The van der Waals surface area contributed by atoms with Gasteiger partial charge in [0.1, 0.15) is 6.10 Å². The van der Waals surface area contributed by atoms with E-state index in [1.54, 1.807) is 0 Å². The molecule has 1 rings (SSSR count). The Hall–Kier alpha value is -0.730. The van der Waals surface area contributed by atoms with Gasteiger partial charge in [0.2, 0.25) is 0 Å². The summed E-state index contributed by atoms with van der Waals surface area (Å²) in [5, 5.41) is 2.65. The number of cyclic esters (lactones) is 1. The van der Waals surface area contributed by atoms with E-state index >= 15 is 0 Å². The molecule has 1 fully saturated rings. The minimum absolute atomic E-state index is 0.0417. The molecule has 1 aliphatic rings. The zero-order chi connectivity index (χ0) is 8.48. The maximum Gasteiger partial charge on any atom is 0.407 e. The molecule has 0 aromatic rings. The number of nitrogens with one attached hydrogen (secondary N) is 1. The zero-order valence-corrected chi connectivity index (χ0v) is 7.31. The lowest BCUT2D eigenvalue weighted by Gasteiger charge is -2.27. The maximum absolute atomic E-state index is 10.7. The molecule has 1 aliphatic heterocycles. The highest BCUT2D eigenvalue weighted by molar-refractivity contribution is 5.69. The van der Waals surface area contributed by atoms with Gasteiger partial charge in [0.15, 0.2) is 0 Å². The number of carbonyl (C=O) groups excluding carboxylic acids is 1. The van der Waals surface area contributed by atoms with E-state index in [4.69, 9.17) is 4.74 Å². The molecule has 1 saturated heterocycles. The van der Waals surface area contributed by atoms with Crippen LogP contribution >= 0.6 is 0 Å². The second-order valence-corrected chi connectivity index (χ2v) is 3.62. The lowest BCUT2D eigenvalue weighted by molar-refractivity contribution is 0.0600. The molecule has 0 spiro atoms. The Morgan fingerprint density at radius 3 is 2.73 bits per heavy atom. The number of alkyl carbamates (subject to hydrolysis) is 1. The molecule has 1 amide bonds. The lowest BCUT2D eigenvalue weighted by atomic mass is 9.84. The molecule has 0 aromatic carbocycles. The van der Waals surface area contributed by atoms with Gasteiger partial charge in [-0.15, -0.1) is 0 Å². The van der Waals surface area contributed by atoms with Crippen molar-refractivity contribution in [1.82, 2.24) is 5.32 Å². The summed E-state index contributed by atoms with van der Waals surface area (Å²) in [6.45, 7) is 6.97. The van der Waals surface area contributed by atoms with Crippen LogP contribution in [0.2, 0.25) is 0 Å². The van der Waals surface area contributed by atoms with E-state index in [0.29, 0.717) is 6.54 Å². The molecule has 0 bridgehead atoms. The SMILES string of the molecule is CCC(C)(C)C1CNC(=O)O1. The van der Waals surface area contributed by atoms with Crippen LogP contribution in [0.5, 0.6) is 0 Å². The van der Waals surface area contributed by atoms with Crippen molar-refractivity contribution in [2.24, 2.45) is 5.41 Å². The lowest BCUT2D eigenvalue weighted by Crippen LogP contribution is -2.31. The van der Waals surface area contributed by atoms with Crippen LogP contribution in [0.3, 0.4) is 0 Å². The third-order valence-electron chi connectivity index (χ3n) is 2.46. The van der Waals surface area contributed by atoms with E-state index in [1.807, 2.05) is 0 Å². The highest BCUT2D eigenvalue weighted by atomic mass is 16.6. The molecular weight excluding hydrogens is 142 g/mol. The fourth-order valence-electron chi connectivity index (χ4n) is 1.05. The minimum atomic E-state index is -0.281. The summed E-state index contributed by atoms with van der Waals surface area (Å²) in [5.74, 6) is 0. The molecule has 64 valence electrons. The Morgan fingerprint density at radius 2 is 2.36 bits per heavy atom. The summed E-state index contributed by atoms with van der Waals surface area (Å²) >= 11 is 0. The van der Waals surface area contributed by atoms with Crippen LogP contribution in [0.4, 0.5) is 4.79 Å². The summed E-state index contributed by atoms with van der Waals surface area (Å²) in [6.07, 6.45) is 0.781. The molecule has 3 heteroatoms. The van der Waals surface area contributed by atoms with Crippen molar-refractivity contribution >= 4 is 6.09 Å². The first-order valence-corrected chi connectivity index (χ1v) is 4.01. The van der Waals surface area contributed by atoms with Gasteiger partial charge in [-0.05, 0) is 6.42 Å². The van der Waals surface area contributed by atoms with Gasteiger partial charge in [-0.25, -0.2) is 4.79 Å². The van der Waals surface area contributed by atoms with Crippen LogP contribution in [0.25, 0.3) is 0 Å². The van der Waals surface area contributed by atoms with Crippen molar-refractivity contribution in [2.75, 3.05) is 6.54 Å². The highest BCUT2D eigenvalue weighted by Crippen LogP contribution is 2.28. The Labute approximate surface area is 67.1 Å². The van der Waals surface area contributed by atoms with Crippen LogP contribution in [0, 0.1) is 5.41 Å². The standard InChI is InChI=1S/C8H15NO2/c1-4-8(2,3)6-5-9-7(10)11-6/h6H,4-5H2,1-3H3,(H,9,10). The predicted octanol–water partition coefficient (Wildman–Crippen LogP) is 1.53. The first-order valence-electron chi connectivity index (χ1n) is 4.01. The molecule has 0 radical (unpaired) electrons. The quantitative estimate of drug-likeness (QED) is 0.660. The van der Waals surface area contributed by atoms with E-state index < -0.39 is 0 Å². The van der Waals surface area contributed by atoms with E-state index in [1.165, 1.54) is 0 Å². The summed E-state index contributed by atoms with van der Waals surface area (Å²) in [5.41, 5.74) is 0.0964. The first-order chi connectivity index (χ1) is 5.06. The van der Waals surface area contributed by atoms with E-state index in [2.05, 4.69) is 26.1 Å². The molecule has 11 heavy (non-hydrogen) atoms. The monoisotopic (exact) mass is 157 g/mol. The number of ether oxygens (including phenoxy) is 1. The van der Waals surface area contributed by atoms with Gasteiger partial charge in [0.25, 0.3) is 0 Å². The fraction of sp³-hybridized carbons (Fsp3) is 0.875. The molecular formula is C8H15NO2. The largest absolute Gasteiger partial charge is 0.444 e. The smallest absolute Gasteiger partial charge is 0.407 e. The van der Waals surface area contributed by atoms with Crippen LogP contribution in [0.15, 0.2) is 0 Å². The second kappa shape index (κ2) is 2.72. The third-order valence-corrected chi connectivity index (χ3v) is 2.46. The van der Waals surface area contributed by atoms with Gasteiger partial charge in [-0.2, -0.15) is 0 Å². The van der Waals surface area contributed by atoms with Crippen molar-refractivity contribution in [3.8, 4) is 0 Å². The molecule has 0 aromatic heterocycles. The van der Waals surface area contributed by atoms with Gasteiger partial charge in [-0.3, -0.25) is 0 Å². The van der Waals surface area contributed by atoms with Crippen molar-refractivity contribution < 1.29 is 9.53 Å². The Kier molecular flexibility index (Phi) is 2.07. The summed E-state index contributed by atoms with van der Waals surface area (Å²) in [7, 11) is 0.